The van der Waals surface area contributed by atoms with E-state index in [1.165, 1.54) is 5.56 Å². The van der Waals surface area contributed by atoms with E-state index in [0.717, 1.165) is 29.9 Å². The van der Waals surface area contributed by atoms with E-state index >= 15 is 0 Å². The first kappa shape index (κ1) is 19.1. The van der Waals surface area contributed by atoms with Crippen molar-refractivity contribution < 1.29 is 19.0 Å². The number of ether oxygens (including phenoxy) is 3. The summed E-state index contributed by atoms with van der Waals surface area (Å²) in [6.45, 7) is 2.06. The number of imidazole rings is 1. The average molecular weight is 395 g/mol. The molecule has 29 heavy (non-hydrogen) atoms. The van der Waals surface area contributed by atoms with Gasteiger partial charge in [-0.25, -0.2) is 4.98 Å². The van der Waals surface area contributed by atoms with Crippen LogP contribution in [-0.4, -0.2) is 36.6 Å². The molecule has 2 heterocycles. The van der Waals surface area contributed by atoms with Gasteiger partial charge in [-0.1, -0.05) is 6.07 Å². The second-order valence-corrected chi connectivity index (χ2v) is 7.28. The number of nitrogens with zero attached hydrogens (tertiary/aromatic N) is 2. The number of aromatic nitrogens is 2. The Morgan fingerprint density at radius 3 is 2.52 bits per heavy atom. The second-order valence-electron chi connectivity index (χ2n) is 7.28. The van der Waals surface area contributed by atoms with Crippen molar-refractivity contribution in [1.82, 2.24) is 9.38 Å². The number of hydrogen-bond donors (Lipinski definition) is 1. The molecule has 0 radical (unpaired) electrons. The maximum absolute atomic E-state index is 13.0. The van der Waals surface area contributed by atoms with Crippen LogP contribution in [-0.2, 0) is 17.6 Å². The van der Waals surface area contributed by atoms with Crippen LogP contribution in [0.1, 0.15) is 23.4 Å². The minimum absolute atomic E-state index is 0.0208. The fourth-order valence-corrected chi connectivity index (χ4v) is 3.93. The van der Waals surface area contributed by atoms with Crippen molar-refractivity contribution in [2.75, 3.05) is 26.6 Å². The molecule has 1 unspecified atom stereocenters. The fourth-order valence-electron chi connectivity index (χ4n) is 3.93. The highest BCUT2D eigenvalue weighted by atomic mass is 16.5. The molecule has 0 fully saturated rings. The Bertz CT molecular complexity index is 1050. The number of aryl methyl sites for hydroxylation is 2. The van der Waals surface area contributed by atoms with Gasteiger partial charge in [-0.2, -0.15) is 0 Å². The van der Waals surface area contributed by atoms with Crippen LogP contribution < -0.4 is 19.5 Å². The van der Waals surface area contributed by atoms with Gasteiger partial charge in [0.1, 0.15) is 5.65 Å². The molecule has 0 saturated carbocycles. The molecule has 0 saturated heterocycles. The minimum Gasteiger partial charge on any atom is -0.493 e. The lowest BCUT2D eigenvalue weighted by Crippen LogP contribution is -2.28. The third kappa shape index (κ3) is 3.48. The monoisotopic (exact) mass is 395 g/mol. The van der Waals surface area contributed by atoms with Crippen molar-refractivity contribution in [2.45, 2.75) is 26.2 Å². The molecule has 0 bridgehead atoms. The maximum atomic E-state index is 13.0. The molecule has 0 aliphatic heterocycles. The molecule has 2 aromatic heterocycles. The average Bonchev–Trinajstić information content (AvgIpc) is 3.09. The van der Waals surface area contributed by atoms with Gasteiger partial charge in [0.2, 0.25) is 11.7 Å². The van der Waals surface area contributed by atoms with Crippen LogP contribution >= 0.6 is 0 Å². The van der Waals surface area contributed by atoms with E-state index in [2.05, 4.69) is 28.9 Å². The first-order valence-corrected chi connectivity index (χ1v) is 9.61. The summed E-state index contributed by atoms with van der Waals surface area (Å²) in [6, 6.07) is 7.57. The van der Waals surface area contributed by atoms with Crippen LogP contribution in [0.2, 0.25) is 0 Å². The lowest BCUT2D eigenvalue weighted by molar-refractivity contribution is -0.120. The molecule has 4 rings (SSSR count). The smallest absolute Gasteiger partial charge is 0.227 e. The van der Waals surface area contributed by atoms with E-state index in [1.54, 1.807) is 33.5 Å². The van der Waals surface area contributed by atoms with E-state index in [4.69, 9.17) is 19.2 Å². The molecule has 1 aromatic carbocycles. The van der Waals surface area contributed by atoms with Crippen LogP contribution in [0.5, 0.6) is 17.2 Å². The summed E-state index contributed by atoms with van der Waals surface area (Å²) in [5, 5.41) is 3.01. The molecule has 7 nitrogen and oxygen atoms in total. The van der Waals surface area contributed by atoms with E-state index in [0.29, 0.717) is 29.4 Å². The lowest BCUT2D eigenvalue weighted by atomic mass is 9.89. The number of nitrogens with one attached hydrogen (secondary N) is 1. The number of methoxy groups -OCH3 is 3. The van der Waals surface area contributed by atoms with Gasteiger partial charge in [-0.15, -0.1) is 0 Å². The molecule has 1 N–H and O–H groups in total. The number of rotatable bonds is 5. The predicted octanol–water partition coefficient (Wildman–Crippen LogP) is 3.41. The topological polar surface area (TPSA) is 74.1 Å². The number of fused-ring (bicyclic) bond motifs is 3. The molecule has 1 aliphatic rings. The van der Waals surface area contributed by atoms with Gasteiger partial charge in [0.05, 0.1) is 27.0 Å². The van der Waals surface area contributed by atoms with E-state index < -0.39 is 0 Å². The normalized spacial score (nSPS) is 15.7. The Morgan fingerprint density at radius 1 is 1.14 bits per heavy atom. The summed E-state index contributed by atoms with van der Waals surface area (Å²) >= 11 is 0. The van der Waals surface area contributed by atoms with Crippen molar-refractivity contribution >= 4 is 17.2 Å². The van der Waals surface area contributed by atoms with E-state index in [1.807, 2.05) is 6.07 Å². The number of carbonyl (C=O) groups is 1. The third-order valence-corrected chi connectivity index (χ3v) is 5.42. The maximum Gasteiger partial charge on any atom is 0.227 e. The number of hydrogen-bond acceptors (Lipinski definition) is 5. The SMILES string of the molecule is COc1cc(NC(=O)C2CCc3nc4ccc(C)cn4c3C2)cc(OC)c1OC. The zero-order valence-electron chi connectivity index (χ0n) is 17.1. The Balaban J connectivity index is 1.57. The van der Waals surface area contributed by atoms with Crippen molar-refractivity contribution in [3.8, 4) is 17.2 Å². The quantitative estimate of drug-likeness (QED) is 0.717. The number of anilines is 1. The van der Waals surface area contributed by atoms with Crippen LogP contribution in [0.15, 0.2) is 30.5 Å². The predicted molar refractivity (Wildman–Crippen MR) is 110 cm³/mol. The standard InChI is InChI=1S/C22H25N3O4/c1-13-5-8-20-24-16-7-6-14(9-17(16)25(20)12-13)22(26)23-15-10-18(27-2)21(29-4)19(11-15)28-3/h5,8,10-12,14H,6-7,9H2,1-4H3,(H,23,26). The molecule has 1 atom stereocenters. The highest BCUT2D eigenvalue weighted by molar-refractivity contribution is 5.93. The Kier molecular flexibility index (Phi) is 5.05. The minimum atomic E-state index is -0.123. The fraction of sp³-hybridized carbons (Fsp3) is 0.364. The zero-order chi connectivity index (χ0) is 20.5. The van der Waals surface area contributed by atoms with Gasteiger partial charge in [-0.3, -0.25) is 4.79 Å². The van der Waals surface area contributed by atoms with Gasteiger partial charge in [0.25, 0.3) is 0 Å². The highest BCUT2D eigenvalue weighted by Gasteiger charge is 2.28. The van der Waals surface area contributed by atoms with Crippen molar-refractivity contribution in [3.05, 3.63) is 47.4 Å². The molecule has 3 aromatic rings. The number of pyridine rings is 1. The molecule has 7 heteroatoms. The van der Waals surface area contributed by atoms with E-state index in [-0.39, 0.29) is 11.8 Å². The summed E-state index contributed by atoms with van der Waals surface area (Å²) in [5.41, 5.74) is 4.93. The largest absolute Gasteiger partial charge is 0.493 e. The van der Waals surface area contributed by atoms with Gasteiger partial charge in [0, 0.05) is 42.0 Å². The van der Waals surface area contributed by atoms with Gasteiger partial charge in [0.15, 0.2) is 11.5 Å². The summed E-state index contributed by atoms with van der Waals surface area (Å²) in [6.07, 6.45) is 4.31. The van der Waals surface area contributed by atoms with Crippen molar-refractivity contribution in [3.63, 3.8) is 0 Å². The van der Waals surface area contributed by atoms with Crippen LogP contribution in [0, 0.1) is 12.8 Å². The van der Waals surface area contributed by atoms with Crippen LogP contribution in [0.4, 0.5) is 5.69 Å². The Labute approximate surface area is 169 Å². The molecule has 0 spiro atoms. The Morgan fingerprint density at radius 2 is 1.86 bits per heavy atom. The third-order valence-electron chi connectivity index (χ3n) is 5.42. The molecular formula is C22H25N3O4. The lowest BCUT2D eigenvalue weighted by Gasteiger charge is -2.22. The van der Waals surface area contributed by atoms with E-state index in [9.17, 15) is 4.79 Å². The first-order chi connectivity index (χ1) is 14.0. The second kappa shape index (κ2) is 7.66. The molecule has 1 aliphatic carbocycles. The van der Waals surface area contributed by atoms with Crippen molar-refractivity contribution in [2.24, 2.45) is 5.92 Å². The summed E-state index contributed by atoms with van der Waals surface area (Å²) in [7, 11) is 4.66. The molecule has 152 valence electrons. The first-order valence-electron chi connectivity index (χ1n) is 9.61. The van der Waals surface area contributed by atoms with Crippen molar-refractivity contribution in [1.29, 1.82) is 0 Å². The molecular weight excluding hydrogens is 370 g/mol. The summed E-state index contributed by atoms with van der Waals surface area (Å²) in [5.74, 6) is 1.36. The Hall–Kier alpha value is -3.22. The highest BCUT2D eigenvalue weighted by Crippen LogP contribution is 2.40. The molecule has 1 amide bonds. The number of amides is 1. The zero-order valence-corrected chi connectivity index (χ0v) is 17.1. The van der Waals surface area contributed by atoms with Gasteiger partial charge >= 0.3 is 0 Å². The summed E-state index contributed by atoms with van der Waals surface area (Å²) in [4.78, 5) is 17.7. The van der Waals surface area contributed by atoms with Crippen LogP contribution in [0.25, 0.3) is 5.65 Å². The number of carbonyl (C=O) groups excluding carboxylic acids is 1. The van der Waals surface area contributed by atoms with Gasteiger partial charge < -0.3 is 23.9 Å². The number of benzene rings is 1. The van der Waals surface area contributed by atoms with Gasteiger partial charge in [-0.05, 0) is 31.4 Å². The summed E-state index contributed by atoms with van der Waals surface area (Å²) < 4.78 is 18.2. The van der Waals surface area contributed by atoms with Crippen LogP contribution in [0.3, 0.4) is 0 Å².